The van der Waals surface area contributed by atoms with Gasteiger partial charge in [-0.25, -0.2) is 0 Å². The fraction of sp³-hybridized carbons (Fsp3) is 0.917. The van der Waals surface area contributed by atoms with Crippen molar-refractivity contribution in [1.82, 2.24) is 5.32 Å². The maximum absolute atomic E-state index is 9.27. The van der Waals surface area contributed by atoms with Crippen LogP contribution in [0.25, 0.3) is 0 Å². The molecule has 2 atom stereocenters. The van der Waals surface area contributed by atoms with Crippen LogP contribution in [0.15, 0.2) is 0 Å². The SMILES string of the molecule is CCCNC1(C#N)CCC(SC(C)C)C1. The Hall–Kier alpha value is -0.200. The summed E-state index contributed by atoms with van der Waals surface area (Å²) in [7, 11) is 0. The predicted octanol–water partition coefficient (Wildman–Crippen LogP) is 2.94. The van der Waals surface area contributed by atoms with Crippen molar-refractivity contribution in [2.24, 2.45) is 0 Å². The molecule has 0 amide bonds. The molecule has 0 heterocycles. The van der Waals surface area contributed by atoms with Crippen LogP contribution in [0, 0.1) is 11.3 Å². The van der Waals surface area contributed by atoms with E-state index < -0.39 is 0 Å². The fourth-order valence-electron chi connectivity index (χ4n) is 2.17. The molecular formula is C12H22N2S. The van der Waals surface area contributed by atoms with E-state index in [1.165, 1.54) is 6.42 Å². The van der Waals surface area contributed by atoms with Crippen LogP contribution in [0.2, 0.25) is 0 Å². The number of nitriles is 1. The van der Waals surface area contributed by atoms with Crippen LogP contribution in [0.4, 0.5) is 0 Å². The van der Waals surface area contributed by atoms with Crippen molar-refractivity contribution in [3.8, 4) is 6.07 Å². The van der Waals surface area contributed by atoms with Crippen molar-refractivity contribution >= 4 is 11.8 Å². The second-order valence-corrected chi connectivity index (χ2v) is 6.55. The zero-order chi connectivity index (χ0) is 11.3. The molecule has 1 N–H and O–H groups in total. The minimum Gasteiger partial charge on any atom is -0.299 e. The Labute approximate surface area is 97.8 Å². The summed E-state index contributed by atoms with van der Waals surface area (Å²) in [5, 5.41) is 14.0. The quantitative estimate of drug-likeness (QED) is 0.783. The van der Waals surface area contributed by atoms with Gasteiger partial charge in [0, 0.05) is 5.25 Å². The van der Waals surface area contributed by atoms with Crippen LogP contribution < -0.4 is 5.32 Å². The first-order valence-corrected chi connectivity index (χ1v) is 6.88. The van der Waals surface area contributed by atoms with Gasteiger partial charge in [-0.15, -0.1) is 0 Å². The molecule has 0 aliphatic heterocycles. The standard InChI is InChI=1S/C12H22N2S/c1-4-7-14-12(9-13)6-5-11(8-12)15-10(2)3/h10-11,14H,4-8H2,1-3H3. The highest BCUT2D eigenvalue weighted by molar-refractivity contribution is 8.00. The van der Waals surface area contributed by atoms with E-state index in [4.69, 9.17) is 0 Å². The predicted molar refractivity (Wildman–Crippen MR) is 67.0 cm³/mol. The van der Waals surface area contributed by atoms with Gasteiger partial charge in [0.25, 0.3) is 0 Å². The second kappa shape index (κ2) is 5.77. The molecule has 1 fully saturated rings. The first-order valence-electron chi connectivity index (χ1n) is 5.93. The van der Waals surface area contributed by atoms with Crippen molar-refractivity contribution < 1.29 is 0 Å². The van der Waals surface area contributed by atoms with Crippen molar-refractivity contribution in [2.75, 3.05) is 6.54 Å². The van der Waals surface area contributed by atoms with Crippen molar-refractivity contribution in [3.63, 3.8) is 0 Å². The van der Waals surface area contributed by atoms with Gasteiger partial charge in [-0.3, -0.25) is 5.32 Å². The van der Waals surface area contributed by atoms with E-state index in [0.29, 0.717) is 10.5 Å². The van der Waals surface area contributed by atoms with Crippen LogP contribution >= 0.6 is 11.8 Å². The maximum Gasteiger partial charge on any atom is 0.107 e. The lowest BCUT2D eigenvalue weighted by Gasteiger charge is -2.22. The molecule has 1 saturated carbocycles. The molecule has 0 bridgehead atoms. The number of hydrogen-bond donors (Lipinski definition) is 1. The molecule has 3 heteroatoms. The van der Waals surface area contributed by atoms with E-state index in [1.807, 2.05) is 11.8 Å². The number of rotatable bonds is 5. The van der Waals surface area contributed by atoms with E-state index in [1.54, 1.807) is 0 Å². The molecule has 0 saturated heterocycles. The lowest BCUT2D eigenvalue weighted by atomic mass is 10.00. The van der Waals surface area contributed by atoms with Gasteiger partial charge in [-0.2, -0.15) is 17.0 Å². The van der Waals surface area contributed by atoms with Crippen molar-refractivity contribution in [2.45, 2.75) is 62.5 Å². The summed E-state index contributed by atoms with van der Waals surface area (Å²) in [6, 6.07) is 2.49. The highest BCUT2D eigenvalue weighted by atomic mass is 32.2. The number of hydrogen-bond acceptors (Lipinski definition) is 3. The van der Waals surface area contributed by atoms with E-state index in [9.17, 15) is 5.26 Å². The van der Waals surface area contributed by atoms with E-state index in [-0.39, 0.29) is 5.54 Å². The molecule has 1 rings (SSSR count). The molecule has 1 aliphatic rings. The molecule has 2 unspecified atom stereocenters. The van der Waals surface area contributed by atoms with Crippen LogP contribution in [0.5, 0.6) is 0 Å². The molecule has 86 valence electrons. The van der Waals surface area contributed by atoms with E-state index in [2.05, 4.69) is 32.2 Å². The smallest absolute Gasteiger partial charge is 0.107 e. The first-order chi connectivity index (χ1) is 7.12. The van der Waals surface area contributed by atoms with Crippen molar-refractivity contribution in [3.05, 3.63) is 0 Å². The van der Waals surface area contributed by atoms with Gasteiger partial charge in [0.1, 0.15) is 5.54 Å². The third-order valence-corrected chi connectivity index (χ3v) is 4.19. The first kappa shape index (κ1) is 12.9. The fourth-order valence-corrected chi connectivity index (χ4v) is 3.57. The minimum atomic E-state index is -0.220. The molecule has 0 aromatic carbocycles. The lowest BCUT2D eigenvalue weighted by Crippen LogP contribution is -2.42. The number of nitrogens with one attached hydrogen (secondary N) is 1. The Morgan fingerprint density at radius 1 is 1.60 bits per heavy atom. The summed E-state index contributed by atoms with van der Waals surface area (Å²) in [5.41, 5.74) is -0.220. The maximum atomic E-state index is 9.27. The third-order valence-electron chi connectivity index (χ3n) is 2.86. The van der Waals surface area contributed by atoms with Crippen LogP contribution in [-0.4, -0.2) is 22.6 Å². The van der Waals surface area contributed by atoms with Gasteiger partial charge in [0.2, 0.25) is 0 Å². The van der Waals surface area contributed by atoms with E-state index >= 15 is 0 Å². The Balaban J connectivity index is 2.46. The molecule has 0 spiro atoms. The summed E-state index contributed by atoms with van der Waals surface area (Å²) in [6.07, 6.45) is 4.33. The minimum absolute atomic E-state index is 0.220. The van der Waals surface area contributed by atoms with Gasteiger partial charge in [0.15, 0.2) is 0 Å². The summed E-state index contributed by atoms with van der Waals surface area (Å²) in [5.74, 6) is 0. The molecular weight excluding hydrogens is 204 g/mol. The van der Waals surface area contributed by atoms with Crippen LogP contribution in [0.1, 0.15) is 46.5 Å². The second-order valence-electron chi connectivity index (χ2n) is 4.67. The Morgan fingerprint density at radius 3 is 2.87 bits per heavy atom. The largest absolute Gasteiger partial charge is 0.299 e. The Morgan fingerprint density at radius 2 is 2.33 bits per heavy atom. The van der Waals surface area contributed by atoms with Gasteiger partial charge >= 0.3 is 0 Å². The summed E-state index contributed by atoms with van der Waals surface area (Å²) in [6.45, 7) is 7.58. The normalized spacial score (nSPS) is 30.7. The molecule has 0 aromatic heterocycles. The Kier molecular flexibility index (Phi) is 4.95. The topological polar surface area (TPSA) is 35.8 Å². The molecule has 0 radical (unpaired) electrons. The van der Waals surface area contributed by atoms with Crippen molar-refractivity contribution in [1.29, 1.82) is 5.26 Å². The molecule has 1 aliphatic carbocycles. The lowest BCUT2D eigenvalue weighted by molar-refractivity contribution is 0.424. The summed E-state index contributed by atoms with van der Waals surface area (Å²) in [4.78, 5) is 0. The summed E-state index contributed by atoms with van der Waals surface area (Å²) >= 11 is 2.02. The zero-order valence-electron chi connectivity index (χ0n) is 10.0. The molecule has 2 nitrogen and oxygen atoms in total. The van der Waals surface area contributed by atoms with Gasteiger partial charge in [-0.05, 0) is 37.5 Å². The van der Waals surface area contributed by atoms with Gasteiger partial charge < -0.3 is 0 Å². The summed E-state index contributed by atoms with van der Waals surface area (Å²) < 4.78 is 0. The average Bonchev–Trinajstić information content (AvgIpc) is 2.58. The van der Waals surface area contributed by atoms with Gasteiger partial charge in [-0.1, -0.05) is 20.8 Å². The van der Waals surface area contributed by atoms with E-state index in [0.717, 1.165) is 25.8 Å². The van der Waals surface area contributed by atoms with Crippen LogP contribution in [-0.2, 0) is 0 Å². The molecule has 15 heavy (non-hydrogen) atoms. The third kappa shape index (κ3) is 3.70. The number of thioether (sulfide) groups is 1. The average molecular weight is 226 g/mol. The van der Waals surface area contributed by atoms with Crippen LogP contribution in [0.3, 0.4) is 0 Å². The highest BCUT2D eigenvalue weighted by Gasteiger charge is 2.39. The van der Waals surface area contributed by atoms with Gasteiger partial charge in [0.05, 0.1) is 6.07 Å². The Bertz CT molecular complexity index is 234. The number of nitrogens with zero attached hydrogens (tertiary/aromatic N) is 1. The zero-order valence-corrected chi connectivity index (χ0v) is 10.9. The monoisotopic (exact) mass is 226 g/mol. The highest BCUT2D eigenvalue weighted by Crippen LogP contribution is 2.38. The molecule has 0 aromatic rings.